The molecule has 0 bridgehead atoms. The van der Waals surface area contributed by atoms with Gasteiger partial charge in [0.05, 0.1) is 11.8 Å². The van der Waals surface area contributed by atoms with E-state index in [0.29, 0.717) is 18.1 Å². The molecular weight excluding hydrogens is 388 g/mol. The Kier molecular flexibility index (Phi) is 5.97. The molecule has 2 saturated heterocycles. The molecule has 2 aromatic carbocycles. The molecule has 1 atom stereocenters. The van der Waals surface area contributed by atoms with Crippen LogP contribution in [-0.4, -0.2) is 36.8 Å². The second kappa shape index (κ2) is 9.01. The number of likely N-dealkylation sites (tertiary alicyclic amines) is 1. The maximum absolute atomic E-state index is 11.4. The van der Waals surface area contributed by atoms with Gasteiger partial charge in [-0.05, 0) is 80.3 Å². The molecule has 0 saturated carbocycles. The SMILES string of the molecule is O=C1Nc2ccc(CN3CCC(CCc4ccccc4)(C4CCCO4)CC3)cc2CO1. The summed E-state index contributed by atoms with van der Waals surface area (Å²) in [4.78, 5) is 14.0. The number of anilines is 1. The van der Waals surface area contributed by atoms with Crippen LogP contribution in [0.1, 0.15) is 48.8 Å². The first kappa shape index (κ1) is 20.5. The number of fused-ring (bicyclic) bond motifs is 1. The third kappa shape index (κ3) is 4.63. The van der Waals surface area contributed by atoms with Crippen molar-refractivity contribution in [2.75, 3.05) is 25.0 Å². The lowest BCUT2D eigenvalue weighted by molar-refractivity contribution is -0.0457. The number of nitrogens with zero attached hydrogens (tertiary/aromatic N) is 1. The highest BCUT2D eigenvalue weighted by molar-refractivity contribution is 5.87. The minimum absolute atomic E-state index is 0.302. The van der Waals surface area contributed by atoms with Gasteiger partial charge in [0.15, 0.2) is 0 Å². The molecule has 3 heterocycles. The molecule has 0 spiro atoms. The molecule has 1 unspecified atom stereocenters. The van der Waals surface area contributed by atoms with Gasteiger partial charge in [-0.2, -0.15) is 0 Å². The maximum Gasteiger partial charge on any atom is 0.411 e. The first-order valence-electron chi connectivity index (χ1n) is 11.6. The van der Waals surface area contributed by atoms with Gasteiger partial charge in [-0.25, -0.2) is 4.79 Å². The minimum atomic E-state index is -0.364. The van der Waals surface area contributed by atoms with Gasteiger partial charge in [0, 0.05) is 18.7 Å². The van der Waals surface area contributed by atoms with Gasteiger partial charge in [0.2, 0.25) is 0 Å². The number of carbonyl (C=O) groups excluding carboxylic acids is 1. The van der Waals surface area contributed by atoms with E-state index in [1.54, 1.807) is 0 Å². The Morgan fingerprint density at radius 3 is 2.68 bits per heavy atom. The summed E-state index contributed by atoms with van der Waals surface area (Å²) in [5.74, 6) is 0. The van der Waals surface area contributed by atoms with Crippen molar-refractivity contribution >= 4 is 11.8 Å². The molecular formula is C26H32N2O3. The van der Waals surface area contributed by atoms with Crippen LogP contribution < -0.4 is 5.32 Å². The molecule has 5 rings (SSSR count). The van der Waals surface area contributed by atoms with Crippen molar-refractivity contribution in [2.45, 2.75) is 57.8 Å². The van der Waals surface area contributed by atoms with Crippen LogP contribution in [0.25, 0.3) is 0 Å². The Balaban J connectivity index is 1.23. The van der Waals surface area contributed by atoms with Crippen molar-refractivity contribution in [1.82, 2.24) is 4.90 Å². The summed E-state index contributed by atoms with van der Waals surface area (Å²) in [6.45, 7) is 4.45. The van der Waals surface area contributed by atoms with Crippen LogP contribution in [0.3, 0.4) is 0 Å². The Hall–Kier alpha value is -2.37. The number of hydrogen-bond acceptors (Lipinski definition) is 4. The zero-order chi connectivity index (χ0) is 21.1. The van der Waals surface area contributed by atoms with E-state index in [4.69, 9.17) is 9.47 Å². The zero-order valence-corrected chi connectivity index (χ0v) is 18.1. The number of aryl methyl sites for hydroxylation is 1. The van der Waals surface area contributed by atoms with Crippen LogP contribution in [0.5, 0.6) is 0 Å². The molecule has 1 amide bonds. The van der Waals surface area contributed by atoms with Crippen molar-refractivity contribution in [1.29, 1.82) is 0 Å². The average molecular weight is 421 g/mol. The Labute approximate surface area is 184 Å². The minimum Gasteiger partial charge on any atom is -0.444 e. The number of rotatable bonds is 6. The fourth-order valence-electron chi connectivity index (χ4n) is 5.52. The van der Waals surface area contributed by atoms with Crippen molar-refractivity contribution in [3.63, 3.8) is 0 Å². The summed E-state index contributed by atoms with van der Waals surface area (Å²) in [5, 5.41) is 2.77. The summed E-state index contributed by atoms with van der Waals surface area (Å²) < 4.78 is 11.4. The fraction of sp³-hybridized carbons (Fsp3) is 0.500. The van der Waals surface area contributed by atoms with Gasteiger partial charge in [-0.3, -0.25) is 10.2 Å². The number of cyclic esters (lactones) is 1. The average Bonchev–Trinajstić information content (AvgIpc) is 3.35. The van der Waals surface area contributed by atoms with Crippen molar-refractivity contribution in [3.05, 3.63) is 65.2 Å². The summed E-state index contributed by atoms with van der Waals surface area (Å²) >= 11 is 0. The smallest absolute Gasteiger partial charge is 0.411 e. The predicted molar refractivity (Wildman–Crippen MR) is 121 cm³/mol. The lowest BCUT2D eigenvalue weighted by Gasteiger charge is -2.45. The fourth-order valence-corrected chi connectivity index (χ4v) is 5.52. The van der Waals surface area contributed by atoms with E-state index in [2.05, 4.69) is 52.7 Å². The summed E-state index contributed by atoms with van der Waals surface area (Å²) in [5.41, 5.74) is 4.96. The van der Waals surface area contributed by atoms with E-state index >= 15 is 0 Å². The van der Waals surface area contributed by atoms with Crippen LogP contribution in [0, 0.1) is 5.41 Å². The van der Waals surface area contributed by atoms with Gasteiger partial charge in [-0.1, -0.05) is 36.4 Å². The first-order chi connectivity index (χ1) is 15.2. The maximum atomic E-state index is 11.4. The third-order valence-electron chi connectivity index (χ3n) is 7.39. The lowest BCUT2D eigenvalue weighted by Crippen LogP contribution is -2.46. The molecule has 2 fully saturated rings. The highest BCUT2D eigenvalue weighted by atomic mass is 16.5. The van der Waals surface area contributed by atoms with Gasteiger partial charge in [0.1, 0.15) is 6.61 Å². The van der Waals surface area contributed by atoms with Crippen LogP contribution in [0.2, 0.25) is 0 Å². The third-order valence-corrected chi connectivity index (χ3v) is 7.39. The van der Waals surface area contributed by atoms with Crippen molar-refractivity contribution < 1.29 is 14.3 Å². The summed E-state index contributed by atoms with van der Waals surface area (Å²) in [6, 6.07) is 17.2. The second-order valence-corrected chi connectivity index (χ2v) is 9.32. The highest BCUT2D eigenvalue weighted by Gasteiger charge is 2.43. The number of benzene rings is 2. The van der Waals surface area contributed by atoms with E-state index < -0.39 is 0 Å². The van der Waals surface area contributed by atoms with Crippen LogP contribution in [-0.2, 0) is 29.0 Å². The van der Waals surface area contributed by atoms with Gasteiger partial charge < -0.3 is 9.47 Å². The van der Waals surface area contributed by atoms with Gasteiger partial charge >= 0.3 is 6.09 Å². The van der Waals surface area contributed by atoms with E-state index in [0.717, 1.165) is 43.9 Å². The first-order valence-corrected chi connectivity index (χ1v) is 11.6. The van der Waals surface area contributed by atoms with Crippen LogP contribution in [0.4, 0.5) is 10.5 Å². The molecule has 164 valence electrons. The molecule has 3 aliphatic rings. The second-order valence-electron chi connectivity index (χ2n) is 9.32. The molecule has 3 aliphatic heterocycles. The van der Waals surface area contributed by atoms with Gasteiger partial charge in [-0.15, -0.1) is 0 Å². The quantitative estimate of drug-likeness (QED) is 0.703. The van der Waals surface area contributed by atoms with Gasteiger partial charge in [0.25, 0.3) is 0 Å². The van der Waals surface area contributed by atoms with Crippen molar-refractivity contribution in [2.24, 2.45) is 5.41 Å². The number of hydrogen-bond donors (Lipinski definition) is 1. The molecule has 0 aliphatic carbocycles. The number of piperidine rings is 1. The number of ether oxygens (including phenoxy) is 2. The molecule has 5 nitrogen and oxygen atoms in total. The molecule has 1 N–H and O–H groups in total. The zero-order valence-electron chi connectivity index (χ0n) is 18.1. The van der Waals surface area contributed by atoms with E-state index in [-0.39, 0.29) is 6.09 Å². The molecule has 2 aromatic rings. The Morgan fingerprint density at radius 1 is 1.06 bits per heavy atom. The predicted octanol–water partition coefficient (Wildman–Crippen LogP) is 5.14. The number of carbonyl (C=O) groups is 1. The van der Waals surface area contributed by atoms with Crippen LogP contribution in [0.15, 0.2) is 48.5 Å². The monoisotopic (exact) mass is 420 g/mol. The molecule has 31 heavy (non-hydrogen) atoms. The van der Waals surface area contributed by atoms with Crippen LogP contribution >= 0.6 is 0 Å². The number of amides is 1. The highest BCUT2D eigenvalue weighted by Crippen LogP contribution is 2.44. The Morgan fingerprint density at radius 2 is 1.90 bits per heavy atom. The standard InChI is InChI=1S/C26H32N2O3/c29-25-27-23-9-8-21(17-22(23)19-31-25)18-28-14-12-26(13-15-28,24-7-4-16-30-24)11-10-20-5-2-1-3-6-20/h1-3,5-6,8-9,17,24H,4,7,10-16,18-19H2,(H,27,29). The van der Waals surface area contributed by atoms with E-state index in [9.17, 15) is 4.79 Å². The summed E-state index contributed by atoms with van der Waals surface area (Å²) in [6.07, 6.45) is 7.23. The van der Waals surface area contributed by atoms with E-state index in [1.807, 2.05) is 6.07 Å². The molecule has 0 radical (unpaired) electrons. The Bertz CT molecular complexity index is 900. The summed E-state index contributed by atoms with van der Waals surface area (Å²) in [7, 11) is 0. The normalized spacial score (nSPS) is 23.1. The topological polar surface area (TPSA) is 50.8 Å². The number of nitrogens with one attached hydrogen (secondary N) is 1. The van der Waals surface area contributed by atoms with Crippen molar-refractivity contribution in [3.8, 4) is 0 Å². The molecule has 0 aromatic heterocycles. The lowest BCUT2D eigenvalue weighted by atomic mass is 9.69. The largest absolute Gasteiger partial charge is 0.444 e. The van der Waals surface area contributed by atoms with E-state index in [1.165, 1.54) is 43.2 Å². The molecule has 5 heteroatoms.